The Morgan fingerprint density at radius 3 is 1.91 bits per heavy atom. The number of piperidine rings is 1. The summed E-state index contributed by atoms with van der Waals surface area (Å²) in [6.07, 6.45) is 6.03. The molecule has 0 aromatic carbocycles. The summed E-state index contributed by atoms with van der Waals surface area (Å²) in [4.78, 5) is 14.6. The van der Waals surface area contributed by atoms with Gasteiger partial charge in [0.15, 0.2) is 0 Å². The van der Waals surface area contributed by atoms with Crippen molar-refractivity contribution < 1.29 is 15.2 Å². The number of hydrogen-bond acceptors (Lipinski definition) is 5. The van der Waals surface area contributed by atoms with Crippen LogP contribution in [0, 0.1) is 12.3 Å². The fourth-order valence-corrected chi connectivity index (χ4v) is 4.35. The summed E-state index contributed by atoms with van der Waals surface area (Å²) in [6.45, 7) is 11.2. The van der Waals surface area contributed by atoms with Crippen molar-refractivity contribution in [1.82, 2.24) is 15.0 Å². The molecule has 2 heterocycles. The molecule has 0 saturated carbocycles. The SMILES string of the molecule is C#CCN1C(=O)C2(CC(C)(C)N(O)C(C)(C)C2)N(O)C1(C)C. The summed E-state index contributed by atoms with van der Waals surface area (Å²) in [5.41, 5.74) is -3.26. The third-order valence-corrected chi connectivity index (χ3v) is 5.07. The normalized spacial score (nSPS) is 29.8. The van der Waals surface area contributed by atoms with Crippen LogP contribution in [0.25, 0.3) is 0 Å². The van der Waals surface area contributed by atoms with Crippen molar-refractivity contribution in [2.45, 2.75) is 76.7 Å². The summed E-state index contributed by atoms with van der Waals surface area (Å²) < 4.78 is 0. The van der Waals surface area contributed by atoms with Gasteiger partial charge >= 0.3 is 0 Å². The molecule has 2 rings (SSSR count). The molecule has 0 aliphatic carbocycles. The Morgan fingerprint density at radius 1 is 1.05 bits per heavy atom. The summed E-state index contributed by atoms with van der Waals surface area (Å²) in [5, 5.41) is 23.8. The van der Waals surface area contributed by atoms with Crippen molar-refractivity contribution in [3.05, 3.63) is 0 Å². The van der Waals surface area contributed by atoms with Crippen LogP contribution >= 0.6 is 0 Å². The summed E-state index contributed by atoms with van der Waals surface area (Å²) in [5.74, 6) is 2.32. The molecule has 2 aliphatic heterocycles. The van der Waals surface area contributed by atoms with Gasteiger partial charge in [0.05, 0.1) is 6.54 Å². The largest absolute Gasteiger partial charge is 0.313 e. The molecular formula is C16H27N3O3. The average Bonchev–Trinajstić information content (AvgIpc) is 2.49. The number of carbonyl (C=O) groups excluding carboxylic acids is 1. The van der Waals surface area contributed by atoms with Crippen molar-refractivity contribution in [3.63, 3.8) is 0 Å². The lowest BCUT2D eigenvalue weighted by atomic mass is 9.70. The number of terminal acetylenes is 1. The van der Waals surface area contributed by atoms with Crippen LogP contribution in [0.2, 0.25) is 0 Å². The van der Waals surface area contributed by atoms with Gasteiger partial charge in [0.2, 0.25) is 5.91 Å². The van der Waals surface area contributed by atoms with Crippen LogP contribution in [0.1, 0.15) is 54.4 Å². The molecule has 124 valence electrons. The molecule has 0 aromatic heterocycles. The smallest absolute Gasteiger partial charge is 0.248 e. The van der Waals surface area contributed by atoms with E-state index in [0.717, 1.165) is 5.06 Å². The molecule has 0 bridgehead atoms. The van der Waals surface area contributed by atoms with Crippen LogP contribution in [-0.4, -0.2) is 60.2 Å². The first kappa shape index (κ1) is 17.2. The van der Waals surface area contributed by atoms with E-state index >= 15 is 0 Å². The van der Waals surface area contributed by atoms with E-state index in [1.165, 1.54) is 9.96 Å². The fourth-order valence-electron chi connectivity index (χ4n) is 4.35. The minimum absolute atomic E-state index is 0.147. The van der Waals surface area contributed by atoms with E-state index in [9.17, 15) is 15.2 Å². The average molecular weight is 309 g/mol. The molecule has 0 aromatic rings. The van der Waals surface area contributed by atoms with Gasteiger partial charge in [0.1, 0.15) is 11.2 Å². The van der Waals surface area contributed by atoms with Crippen LogP contribution < -0.4 is 0 Å². The van der Waals surface area contributed by atoms with E-state index in [1.807, 2.05) is 27.7 Å². The molecule has 6 nitrogen and oxygen atoms in total. The van der Waals surface area contributed by atoms with E-state index in [-0.39, 0.29) is 12.5 Å². The number of nitrogens with zero attached hydrogens (tertiary/aromatic N) is 3. The predicted octanol–water partition coefficient (Wildman–Crippen LogP) is 1.67. The van der Waals surface area contributed by atoms with Crippen molar-refractivity contribution in [2.75, 3.05) is 6.54 Å². The lowest BCUT2D eigenvalue weighted by molar-refractivity contribution is -0.296. The van der Waals surface area contributed by atoms with Crippen LogP contribution in [0.5, 0.6) is 0 Å². The number of amides is 1. The third-order valence-electron chi connectivity index (χ3n) is 5.07. The van der Waals surface area contributed by atoms with Crippen molar-refractivity contribution in [2.24, 2.45) is 0 Å². The van der Waals surface area contributed by atoms with Crippen LogP contribution in [0.15, 0.2) is 0 Å². The van der Waals surface area contributed by atoms with Gasteiger partial charge < -0.3 is 15.3 Å². The minimum atomic E-state index is -1.08. The molecule has 6 heteroatoms. The second-order valence-electron chi connectivity index (χ2n) is 8.22. The maximum atomic E-state index is 13.1. The Bertz CT molecular complexity index is 515. The number of hydrogen-bond donors (Lipinski definition) is 2. The Morgan fingerprint density at radius 2 is 1.50 bits per heavy atom. The van der Waals surface area contributed by atoms with Gasteiger partial charge in [0, 0.05) is 11.1 Å². The maximum absolute atomic E-state index is 13.1. The summed E-state index contributed by atoms with van der Waals surface area (Å²) >= 11 is 0. The van der Waals surface area contributed by atoms with Gasteiger partial charge in [-0.3, -0.25) is 4.79 Å². The Balaban J connectivity index is 2.55. The highest BCUT2D eigenvalue weighted by molar-refractivity contribution is 5.90. The van der Waals surface area contributed by atoms with E-state index in [2.05, 4.69) is 5.92 Å². The molecule has 0 atom stereocenters. The van der Waals surface area contributed by atoms with E-state index in [1.54, 1.807) is 13.8 Å². The molecule has 0 radical (unpaired) electrons. The summed E-state index contributed by atoms with van der Waals surface area (Å²) in [7, 11) is 0. The third kappa shape index (κ3) is 2.08. The maximum Gasteiger partial charge on any atom is 0.248 e. The fraction of sp³-hybridized carbons (Fsp3) is 0.812. The standard InChI is InChI=1S/C16H27N3O3/c1-8-9-17-12(20)16(19(22)15(17,6)7)10-13(2,3)18(21)14(4,5)11-16/h1,21-22H,9-11H2,2-7H3. The van der Waals surface area contributed by atoms with Crippen LogP contribution in [0.3, 0.4) is 0 Å². The lowest BCUT2D eigenvalue weighted by Crippen LogP contribution is -2.69. The zero-order chi connectivity index (χ0) is 17.1. The zero-order valence-corrected chi connectivity index (χ0v) is 14.3. The highest BCUT2D eigenvalue weighted by atomic mass is 16.5. The van der Waals surface area contributed by atoms with E-state index in [0.29, 0.717) is 12.8 Å². The van der Waals surface area contributed by atoms with Gasteiger partial charge in [-0.15, -0.1) is 6.42 Å². The van der Waals surface area contributed by atoms with Crippen LogP contribution in [0.4, 0.5) is 0 Å². The van der Waals surface area contributed by atoms with E-state index < -0.39 is 22.3 Å². The Hall–Kier alpha value is -1.13. The quantitative estimate of drug-likeness (QED) is 0.721. The molecule has 2 saturated heterocycles. The molecule has 2 aliphatic rings. The number of hydroxylamine groups is 4. The first-order valence-electron chi connectivity index (χ1n) is 7.57. The molecule has 22 heavy (non-hydrogen) atoms. The molecular weight excluding hydrogens is 282 g/mol. The first-order valence-corrected chi connectivity index (χ1v) is 7.57. The molecule has 1 amide bonds. The number of carbonyl (C=O) groups is 1. The van der Waals surface area contributed by atoms with Gasteiger partial charge in [-0.25, -0.2) is 0 Å². The van der Waals surface area contributed by atoms with Crippen molar-refractivity contribution in [3.8, 4) is 12.3 Å². The molecule has 2 fully saturated rings. The lowest BCUT2D eigenvalue weighted by Gasteiger charge is -2.55. The highest BCUT2D eigenvalue weighted by Gasteiger charge is 2.67. The molecule has 1 spiro atoms. The molecule has 0 unspecified atom stereocenters. The predicted molar refractivity (Wildman–Crippen MR) is 82.0 cm³/mol. The van der Waals surface area contributed by atoms with Crippen molar-refractivity contribution >= 4 is 5.91 Å². The summed E-state index contributed by atoms with van der Waals surface area (Å²) in [6, 6.07) is 0. The Kier molecular flexibility index (Phi) is 3.67. The van der Waals surface area contributed by atoms with Gasteiger partial charge in [-0.05, 0) is 54.4 Å². The van der Waals surface area contributed by atoms with Crippen molar-refractivity contribution in [1.29, 1.82) is 0 Å². The second kappa shape index (κ2) is 4.68. The van der Waals surface area contributed by atoms with Gasteiger partial charge in [-0.2, -0.15) is 10.1 Å². The molecule has 2 N–H and O–H groups in total. The minimum Gasteiger partial charge on any atom is -0.313 e. The monoisotopic (exact) mass is 309 g/mol. The second-order valence-corrected chi connectivity index (χ2v) is 8.22. The van der Waals surface area contributed by atoms with E-state index in [4.69, 9.17) is 6.42 Å². The van der Waals surface area contributed by atoms with Gasteiger partial charge in [0.25, 0.3) is 0 Å². The highest BCUT2D eigenvalue weighted by Crippen LogP contribution is 2.51. The zero-order valence-electron chi connectivity index (χ0n) is 14.3. The first-order chi connectivity index (χ1) is 9.83. The van der Waals surface area contributed by atoms with Crippen LogP contribution in [-0.2, 0) is 4.79 Å². The van der Waals surface area contributed by atoms with Gasteiger partial charge in [-0.1, -0.05) is 5.92 Å². The topological polar surface area (TPSA) is 67.2 Å². The number of rotatable bonds is 1. The Labute approximate surface area is 132 Å².